The van der Waals surface area contributed by atoms with Crippen molar-refractivity contribution in [2.75, 3.05) is 45.6 Å². The standard InChI is InChI=1S/C11H22NO2S.HI/c1-3-4-11(13)15-10-7-12(2)5-8-14-9-6-12;/h3-10H2,1-2H3;1H/q+1;/p-1. The van der Waals surface area contributed by atoms with Crippen molar-refractivity contribution in [3.63, 3.8) is 0 Å². The monoisotopic (exact) mass is 359 g/mol. The lowest BCUT2D eigenvalue weighted by molar-refractivity contribution is -0.914. The highest BCUT2D eigenvalue weighted by atomic mass is 127. The Hall–Kier alpha value is 0.670. The minimum absolute atomic E-state index is 0. The molecule has 1 aliphatic rings. The first-order chi connectivity index (χ1) is 7.16. The highest BCUT2D eigenvalue weighted by Crippen LogP contribution is 2.12. The topological polar surface area (TPSA) is 26.3 Å². The third-order valence-corrected chi connectivity index (χ3v) is 3.81. The van der Waals surface area contributed by atoms with Gasteiger partial charge in [0, 0.05) is 6.42 Å². The molecule has 0 amide bonds. The van der Waals surface area contributed by atoms with Crippen molar-refractivity contribution < 1.29 is 38.0 Å². The Balaban J connectivity index is 0.00000225. The summed E-state index contributed by atoms with van der Waals surface area (Å²) in [6, 6.07) is 0. The number of halogens is 1. The van der Waals surface area contributed by atoms with Crippen LogP contribution in [0, 0.1) is 0 Å². The van der Waals surface area contributed by atoms with E-state index in [1.165, 1.54) is 11.8 Å². The molecular weight excluding hydrogens is 337 g/mol. The molecule has 0 unspecified atom stereocenters. The Morgan fingerprint density at radius 3 is 2.56 bits per heavy atom. The van der Waals surface area contributed by atoms with Crippen molar-refractivity contribution in [3.8, 4) is 0 Å². The van der Waals surface area contributed by atoms with E-state index in [-0.39, 0.29) is 24.0 Å². The Labute approximate surface area is 120 Å². The van der Waals surface area contributed by atoms with Gasteiger partial charge in [-0.2, -0.15) is 0 Å². The number of nitrogens with zero attached hydrogens (tertiary/aromatic N) is 1. The third-order valence-electron chi connectivity index (χ3n) is 2.90. The molecule has 1 aliphatic heterocycles. The molecule has 0 bridgehead atoms. The zero-order valence-electron chi connectivity index (χ0n) is 10.2. The van der Waals surface area contributed by atoms with Crippen LogP contribution >= 0.6 is 11.8 Å². The molecule has 1 fully saturated rings. The maximum absolute atomic E-state index is 11.3. The molecule has 0 aliphatic carbocycles. The number of ether oxygens (including phenoxy) is 1. The van der Waals surface area contributed by atoms with Gasteiger partial charge in [0.25, 0.3) is 0 Å². The summed E-state index contributed by atoms with van der Waals surface area (Å²) in [5.41, 5.74) is 0. The highest BCUT2D eigenvalue weighted by molar-refractivity contribution is 8.13. The maximum atomic E-state index is 11.3. The smallest absolute Gasteiger partial charge is 0.189 e. The van der Waals surface area contributed by atoms with E-state index in [1.807, 2.05) is 6.92 Å². The average molecular weight is 359 g/mol. The van der Waals surface area contributed by atoms with Gasteiger partial charge in [0.2, 0.25) is 0 Å². The van der Waals surface area contributed by atoms with Crippen LogP contribution in [0.25, 0.3) is 0 Å². The van der Waals surface area contributed by atoms with E-state index in [9.17, 15) is 4.79 Å². The first-order valence-electron chi connectivity index (χ1n) is 5.73. The normalized spacial score (nSPS) is 18.9. The van der Waals surface area contributed by atoms with Gasteiger partial charge in [0.05, 0.1) is 32.6 Å². The number of likely N-dealkylation sites (N-methyl/N-ethyl adjacent to an activating group) is 1. The molecule has 1 heterocycles. The number of carbonyl (C=O) groups excluding carboxylic acids is 1. The molecule has 1 rings (SSSR count). The number of hydrogen-bond acceptors (Lipinski definition) is 3. The predicted octanol–water partition coefficient (Wildman–Crippen LogP) is -1.47. The van der Waals surface area contributed by atoms with Crippen LogP contribution in [-0.2, 0) is 9.53 Å². The molecule has 1 saturated heterocycles. The number of quaternary nitrogens is 1. The van der Waals surface area contributed by atoms with Gasteiger partial charge in [-0.1, -0.05) is 18.7 Å². The second-order valence-electron chi connectivity index (χ2n) is 4.37. The lowest BCUT2D eigenvalue weighted by Gasteiger charge is -2.37. The molecule has 5 heteroatoms. The molecular formula is C11H22INO2S. The summed E-state index contributed by atoms with van der Waals surface area (Å²) >= 11 is 1.50. The Morgan fingerprint density at radius 1 is 1.38 bits per heavy atom. The first kappa shape index (κ1) is 16.7. The van der Waals surface area contributed by atoms with Gasteiger partial charge in [-0.3, -0.25) is 4.79 Å². The number of carbonyl (C=O) groups is 1. The maximum Gasteiger partial charge on any atom is 0.189 e. The van der Waals surface area contributed by atoms with E-state index in [1.54, 1.807) is 0 Å². The summed E-state index contributed by atoms with van der Waals surface area (Å²) in [5.74, 6) is 0.954. The molecule has 0 N–H and O–H groups in total. The number of thioether (sulfide) groups is 1. The Bertz CT molecular complexity index is 208. The van der Waals surface area contributed by atoms with Crippen LogP contribution in [-0.4, -0.2) is 55.2 Å². The van der Waals surface area contributed by atoms with Crippen LogP contribution in [0.5, 0.6) is 0 Å². The van der Waals surface area contributed by atoms with Gasteiger partial charge >= 0.3 is 0 Å². The summed E-state index contributed by atoms with van der Waals surface area (Å²) in [4.78, 5) is 11.3. The fourth-order valence-corrected chi connectivity index (χ4v) is 2.77. The summed E-state index contributed by atoms with van der Waals surface area (Å²) in [5, 5.41) is 0.345. The van der Waals surface area contributed by atoms with E-state index in [4.69, 9.17) is 4.74 Å². The van der Waals surface area contributed by atoms with Crippen molar-refractivity contribution in [2.24, 2.45) is 0 Å². The van der Waals surface area contributed by atoms with E-state index < -0.39 is 0 Å². The highest BCUT2D eigenvalue weighted by Gasteiger charge is 2.24. The fourth-order valence-electron chi connectivity index (χ4n) is 1.66. The number of morpholine rings is 1. The van der Waals surface area contributed by atoms with Gasteiger partial charge in [-0.25, -0.2) is 0 Å². The van der Waals surface area contributed by atoms with Crippen molar-refractivity contribution in [2.45, 2.75) is 19.8 Å². The van der Waals surface area contributed by atoms with Gasteiger partial charge in [0.1, 0.15) is 13.1 Å². The molecule has 0 aromatic carbocycles. The molecule has 3 nitrogen and oxygen atoms in total. The van der Waals surface area contributed by atoms with Gasteiger partial charge in [-0.15, -0.1) is 0 Å². The van der Waals surface area contributed by atoms with E-state index in [0.29, 0.717) is 5.12 Å². The summed E-state index contributed by atoms with van der Waals surface area (Å²) in [6.45, 7) is 7.04. The number of hydrogen-bond donors (Lipinski definition) is 0. The summed E-state index contributed by atoms with van der Waals surface area (Å²) < 4.78 is 6.40. The first-order valence-corrected chi connectivity index (χ1v) is 6.72. The lowest BCUT2D eigenvalue weighted by atomic mass is 10.3. The Kier molecular flexibility index (Phi) is 9.08. The van der Waals surface area contributed by atoms with Gasteiger partial charge in [-0.05, 0) is 6.42 Å². The van der Waals surface area contributed by atoms with Crippen molar-refractivity contribution in [1.82, 2.24) is 0 Å². The summed E-state index contributed by atoms with van der Waals surface area (Å²) in [7, 11) is 2.26. The van der Waals surface area contributed by atoms with E-state index in [0.717, 1.165) is 55.9 Å². The van der Waals surface area contributed by atoms with Crippen LogP contribution in [0.2, 0.25) is 0 Å². The second kappa shape index (κ2) is 8.72. The molecule has 96 valence electrons. The summed E-state index contributed by atoms with van der Waals surface area (Å²) in [6.07, 6.45) is 1.68. The fraction of sp³-hybridized carbons (Fsp3) is 0.909. The lowest BCUT2D eigenvalue weighted by Crippen LogP contribution is -3.00. The number of rotatable bonds is 5. The quantitative estimate of drug-likeness (QED) is 0.443. The minimum atomic E-state index is 0. The SMILES string of the molecule is CCCC(=O)SCC[N+]1(C)CCOCC1.[I-]. The van der Waals surface area contributed by atoms with Crippen LogP contribution in [0.3, 0.4) is 0 Å². The van der Waals surface area contributed by atoms with Crippen LogP contribution in [0.4, 0.5) is 0 Å². The molecule has 16 heavy (non-hydrogen) atoms. The molecule has 0 aromatic rings. The van der Waals surface area contributed by atoms with Crippen LogP contribution in [0.1, 0.15) is 19.8 Å². The van der Waals surface area contributed by atoms with Crippen molar-refractivity contribution >= 4 is 16.9 Å². The zero-order chi connectivity index (χ0) is 11.1. The van der Waals surface area contributed by atoms with Gasteiger partial charge in [0.15, 0.2) is 5.12 Å². The zero-order valence-corrected chi connectivity index (χ0v) is 13.2. The van der Waals surface area contributed by atoms with E-state index >= 15 is 0 Å². The molecule has 0 aromatic heterocycles. The van der Waals surface area contributed by atoms with E-state index in [2.05, 4.69) is 7.05 Å². The molecule has 0 spiro atoms. The Morgan fingerprint density at radius 2 is 2.00 bits per heavy atom. The minimum Gasteiger partial charge on any atom is -1.00 e. The second-order valence-corrected chi connectivity index (χ2v) is 5.53. The van der Waals surface area contributed by atoms with Gasteiger partial charge < -0.3 is 33.2 Å². The van der Waals surface area contributed by atoms with Crippen LogP contribution in [0.15, 0.2) is 0 Å². The largest absolute Gasteiger partial charge is 1.00 e. The molecule has 0 saturated carbocycles. The average Bonchev–Trinajstić information content (AvgIpc) is 2.19. The van der Waals surface area contributed by atoms with Crippen molar-refractivity contribution in [3.05, 3.63) is 0 Å². The molecule has 0 radical (unpaired) electrons. The van der Waals surface area contributed by atoms with Crippen molar-refractivity contribution in [1.29, 1.82) is 0 Å². The third kappa shape index (κ3) is 6.42. The van der Waals surface area contributed by atoms with Crippen LogP contribution < -0.4 is 24.0 Å². The predicted molar refractivity (Wildman–Crippen MR) is 64.0 cm³/mol. The molecule has 0 atom stereocenters.